The molecular formula is C24H25ClFN3O6. The van der Waals surface area contributed by atoms with Crippen molar-refractivity contribution in [3.8, 4) is 5.75 Å². The molecule has 2 amide bonds. The van der Waals surface area contributed by atoms with Gasteiger partial charge in [0, 0.05) is 45.4 Å². The topological polar surface area (TPSA) is 107 Å². The molecule has 1 aromatic carbocycles. The van der Waals surface area contributed by atoms with Gasteiger partial charge in [0.2, 0.25) is 11.2 Å². The molecule has 9 nitrogen and oxygen atoms in total. The molecule has 0 saturated heterocycles. The first-order valence-corrected chi connectivity index (χ1v) is 11.5. The van der Waals surface area contributed by atoms with Gasteiger partial charge in [0.15, 0.2) is 5.69 Å². The average molecular weight is 506 g/mol. The lowest BCUT2D eigenvalue weighted by molar-refractivity contribution is -0.134. The van der Waals surface area contributed by atoms with Crippen LogP contribution in [0.4, 0.5) is 4.39 Å². The van der Waals surface area contributed by atoms with Crippen LogP contribution in [0, 0.1) is 5.82 Å². The van der Waals surface area contributed by atoms with Crippen molar-refractivity contribution in [2.24, 2.45) is 0 Å². The molecule has 0 atom stereocenters. The molecule has 186 valence electrons. The highest BCUT2D eigenvalue weighted by Crippen LogP contribution is 2.45. The second kappa shape index (κ2) is 9.43. The minimum Gasteiger partial charge on any atom is -0.420 e. The molecule has 35 heavy (non-hydrogen) atoms. The van der Waals surface area contributed by atoms with E-state index in [1.165, 1.54) is 29.3 Å². The Kier molecular flexibility index (Phi) is 6.70. The van der Waals surface area contributed by atoms with Crippen LogP contribution in [0.2, 0.25) is 5.02 Å². The summed E-state index contributed by atoms with van der Waals surface area (Å²) in [6.07, 6.45) is 2.29. The third-order valence-electron chi connectivity index (χ3n) is 6.53. The molecule has 1 aliphatic carbocycles. The maximum atomic E-state index is 14.2. The number of carbonyl (C=O) groups excluding carboxylic acids is 3. The number of nitrogens with zero attached hydrogens (tertiary/aromatic N) is 2. The van der Waals surface area contributed by atoms with Crippen molar-refractivity contribution in [2.45, 2.75) is 44.4 Å². The second-order valence-corrected chi connectivity index (χ2v) is 9.20. The Morgan fingerprint density at radius 3 is 2.66 bits per heavy atom. The number of likely N-dealkylation sites (N-methyl/N-ethyl adjacent to an activating group) is 1. The lowest BCUT2D eigenvalue weighted by atomic mass is 9.72. The van der Waals surface area contributed by atoms with Gasteiger partial charge < -0.3 is 24.3 Å². The van der Waals surface area contributed by atoms with Crippen LogP contribution in [0.3, 0.4) is 0 Å². The van der Waals surface area contributed by atoms with Gasteiger partial charge in [-0.2, -0.15) is 0 Å². The number of fused-ring (bicyclic) bond motifs is 2. The third kappa shape index (κ3) is 4.32. The summed E-state index contributed by atoms with van der Waals surface area (Å²) in [5.74, 6) is -3.19. The molecule has 0 radical (unpaired) electrons. The van der Waals surface area contributed by atoms with Crippen LogP contribution in [-0.4, -0.2) is 54.1 Å². The fraction of sp³-hybridized carbons (Fsp3) is 0.417. The molecule has 1 aliphatic heterocycles. The third-order valence-corrected chi connectivity index (χ3v) is 6.82. The molecule has 2 heterocycles. The van der Waals surface area contributed by atoms with Crippen LogP contribution < -0.4 is 15.5 Å². The van der Waals surface area contributed by atoms with E-state index in [1.807, 2.05) is 0 Å². The van der Waals surface area contributed by atoms with Crippen molar-refractivity contribution in [3.63, 3.8) is 0 Å². The molecule has 1 aromatic heterocycles. The van der Waals surface area contributed by atoms with Gasteiger partial charge in [-0.15, -0.1) is 0 Å². The van der Waals surface area contributed by atoms with Crippen molar-refractivity contribution in [2.75, 3.05) is 20.7 Å². The summed E-state index contributed by atoms with van der Waals surface area (Å²) in [5.41, 5.74) is -1.81. The second-order valence-electron chi connectivity index (χ2n) is 8.79. The highest BCUT2D eigenvalue weighted by atomic mass is 35.5. The number of nitrogens with one attached hydrogen (secondary N) is 1. The van der Waals surface area contributed by atoms with Gasteiger partial charge in [0.25, 0.3) is 11.8 Å². The Morgan fingerprint density at radius 2 is 2.00 bits per heavy atom. The van der Waals surface area contributed by atoms with E-state index >= 15 is 0 Å². The molecule has 4 rings (SSSR count). The molecule has 1 N–H and O–H groups in total. The summed E-state index contributed by atoms with van der Waals surface area (Å²) in [6, 6.07) is 4.38. The zero-order chi connectivity index (χ0) is 25.5. The van der Waals surface area contributed by atoms with Crippen LogP contribution in [0.1, 0.15) is 52.6 Å². The van der Waals surface area contributed by atoms with E-state index in [2.05, 4.69) is 5.32 Å². The number of hydrogen-bond donors (Lipinski definition) is 1. The number of ether oxygens (including phenoxy) is 2. The number of carbonyl (C=O) groups is 3. The fourth-order valence-corrected chi connectivity index (χ4v) is 4.81. The Bertz CT molecular complexity index is 1270. The summed E-state index contributed by atoms with van der Waals surface area (Å²) in [5, 5.41) is 2.42. The summed E-state index contributed by atoms with van der Waals surface area (Å²) in [4.78, 5) is 53.1. The Morgan fingerprint density at radius 1 is 1.29 bits per heavy atom. The molecule has 1 spiro atoms. The lowest BCUT2D eigenvalue weighted by Crippen LogP contribution is -2.61. The normalized spacial score (nSPS) is 20.9. The van der Waals surface area contributed by atoms with Gasteiger partial charge in [0.1, 0.15) is 11.4 Å². The first kappa shape index (κ1) is 24.9. The van der Waals surface area contributed by atoms with E-state index in [0.717, 1.165) is 0 Å². The molecule has 0 bridgehead atoms. The largest absolute Gasteiger partial charge is 0.420 e. The van der Waals surface area contributed by atoms with Gasteiger partial charge in [-0.25, -0.2) is 4.39 Å². The maximum absolute atomic E-state index is 14.2. The van der Waals surface area contributed by atoms with Crippen molar-refractivity contribution in [1.82, 2.24) is 14.8 Å². The molecular weight excluding hydrogens is 481 g/mol. The number of halogens is 2. The van der Waals surface area contributed by atoms with E-state index in [1.54, 1.807) is 25.6 Å². The number of methoxy groups -OCH3 is 1. The first-order valence-electron chi connectivity index (χ1n) is 11.1. The van der Waals surface area contributed by atoms with E-state index in [9.17, 15) is 23.6 Å². The number of rotatable bonds is 6. The van der Waals surface area contributed by atoms with Crippen molar-refractivity contribution in [1.29, 1.82) is 0 Å². The molecule has 2 aliphatic rings. The molecule has 0 unspecified atom stereocenters. The van der Waals surface area contributed by atoms with Gasteiger partial charge in [-0.1, -0.05) is 30.7 Å². The number of hydrogen-bond acceptors (Lipinski definition) is 6. The highest BCUT2D eigenvalue weighted by Gasteiger charge is 2.52. The predicted octanol–water partition coefficient (Wildman–Crippen LogP) is 2.48. The zero-order valence-corrected chi connectivity index (χ0v) is 20.3. The number of esters is 1. The summed E-state index contributed by atoms with van der Waals surface area (Å²) < 4.78 is 26.5. The number of amides is 2. The molecule has 2 aromatic rings. The number of aromatic nitrogens is 1. The van der Waals surface area contributed by atoms with Crippen LogP contribution in [0.5, 0.6) is 5.75 Å². The fourth-order valence-electron chi connectivity index (χ4n) is 4.61. The smallest absolute Gasteiger partial charge is 0.311 e. The van der Waals surface area contributed by atoms with Crippen LogP contribution in [0.25, 0.3) is 0 Å². The quantitative estimate of drug-likeness (QED) is 0.604. The van der Waals surface area contributed by atoms with Crippen LogP contribution >= 0.6 is 11.6 Å². The van der Waals surface area contributed by atoms with E-state index < -0.39 is 40.3 Å². The monoisotopic (exact) mass is 505 g/mol. The average Bonchev–Trinajstić information content (AvgIpc) is 2.81. The van der Waals surface area contributed by atoms with Gasteiger partial charge in [-0.05, 0) is 18.9 Å². The molecule has 1 fully saturated rings. The Balaban J connectivity index is 1.79. The number of pyridine rings is 1. The maximum Gasteiger partial charge on any atom is 0.311 e. The van der Waals surface area contributed by atoms with Gasteiger partial charge >= 0.3 is 5.97 Å². The van der Waals surface area contributed by atoms with Crippen molar-refractivity contribution < 1.29 is 28.2 Å². The van der Waals surface area contributed by atoms with Crippen LogP contribution in [-0.2, 0) is 21.6 Å². The van der Waals surface area contributed by atoms with Gasteiger partial charge in [-0.3, -0.25) is 19.2 Å². The van der Waals surface area contributed by atoms with E-state index in [4.69, 9.17) is 21.1 Å². The Hall–Kier alpha value is -3.24. The van der Waals surface area contributed by atoms with E-state index in [-0.39, 0.29) is 40.9 Å². The number of benzene rings is 1. The summed E-state index contributed by atoms with van der Waals surface area (Å²) >= 11 is 5.80. The highest BCUT2D eigenvalue weighted by molar-refractivity contribution is 6.30. The lowest BCUT2D eigenvalue weighted by Gasteiger charge is -2.53. The molecule has 1 saturated carbocycles. The predicted molar refractivity (Wildman–Crippen MR) is 124 cm³/mol. The summed E-state index contributed by atoms with van der Waals surface area (Å²) in [7, 11) is 3.19. The SMILES string of the molecule is CCC(=O)Oc1c2n(cc(C(=O)NCc3cccc(Cl)c3F)c1=O)[C@]1(CN(C)C2=O)C[C@H](OC)C1. The minimum absolute atomic E-state index is 0.0374. The van der Waals surface area contributed by atoms with Crippen molar-refractivity contribution >= 4 is 29.4 Å². The first-order chi connectivity index (χ1) is 16.6. The zero-order valence-electron chi connectivity index (χ0n) is 19.5. The molecule has 11 heteroatoms. The minimum atomic E-state index is -0.900. The standard InChI is InChI=1S/C24H25ClFN3O6/c1-4-17(30)35-21-19-23(33)28(2)12-24(8-14(9-24)34-3)29(19)11-15(20(21)31)22(32)27-10-13-6-5-7-16(25)18(13)26/h5-7,11,14H,4,8-10,12H2,1-3H3,(H,27,32)/t14-,24+. The van der Waals surface area contributed by atoms with E-state index in [0.29, 0.717) is 19.4 Å². The van der Waals surface area contributed by atoms with Crippen molar-refractivity contribution in [3.05, 3.63) is 62.3 Å². The van der Waals surface area contributed by atoms with Gasteiger partial charge in [0.05, 0.1) is 16.7 Å². The van der Waals surface area contributed by atoms with Crippen LogP contribution in [0.15, 0.2) is 29.2 Å². The Labute approximate surface area is 205 Å². The summed E-state index contributed by atoms with van der Waals surface area (Å²) in [6.45, 7) is 1.65.